The molecule has 3 aromatic carbocycles. The van der Waals surface area contributed by atoms with Gasteiger partial charge in [-0.25, -0.2) is 13.6 Å². The van der Waals surface area contributed by atoms with Crippen LogP contribution >= 0.6 is 27.7 Å². The second-order valence-electron chi connectivity index (χ2n) is 9.91. The largest absolute Gasteiger partial charge is 0.493 e. The monoisotopic (exact) mass is 753 g/mol. The Kier molecular flexibility index (Phi) is 11.0. The predicted molar refractivity (Wildman–Crippen MR) is 185 cm³/mol. The van der Waals surface area contributed by atoms with Gasteiger partial charge in [0.15, 0.2) is 23.3 Å². The highest BCUT2D eigenvalue weighted by molar-refractivity contribution is 9.10. The first-order chi connectivity index (χ1) is 23.0. The van der Waals surface area contributed by atoms with Crippen LogP contribution in [-0.4, -0.2) is 57.3 Å². The summed E-state index contributed by atoms with van der Waals surface area (Å²) < 4.78 is 45.6. The highest BCUT2D eigenvalue weighted by Gasteiger charge is 2.34. The van der Waals surface area contributed by atoms with Gasteiger partial charge in [-0.2, -0.15) is 5.10 Å². The van der Waals surface area contributed by atoms with E-state index < -0.39 is 15.9 Å². The standard InChI is InChI=1S/C32H28BrN5O8S2/c1-43-27-11-5-20(14-28(27)44-2)17-35-37-32-38(18-24-4-3-13-45-24)31(40)29(47-32)16-21-15-22(33)6-12-26(21)46-19-30(39)36-23-7-9-25(10-8-23)48(34,41)42/h3-17H,18-19H2,1-2H3,(H,36,39)(H2,34,41,42)/b29-16-,35-17+,37-32-. The second-order valence-corrected chi connectivity index (χ2v) is 13.4. The van der Waals surface area contributed by atoms with Crippen LogP contribution in [0.25, 0.3) is 6.08 Å². The Balaban J connectivity index is 1.35. The Morgan fingerprint density at radius 2 is 1.79 bits per heavy atom. The third-order valence-corrected chi connectivity index (χ3v) is 9.04. The number of rotatable bonds is 12. The number of benzene rings is 3. The summed E-state index contributed by atoms with van der Waals surface area (Å²) in [4.78, 5) is 28.0. The van der Waals surface area contributed by atoms with Gasteiger partial charge in [0.05, 0.1) is 43.0 Å². The summed E-state index contributed by atoms with van der Waals surface area (Å²) in [5, 5.41) is 16.7. The molecule has 4 aromatic rings. The number of furan rings is 1. The van der Waals surface area contributed by atoms with Gasteiger partial charge in [0, 0.05) is 15.7 Å². The molecule has 2 amide bonds. The van der Waals surface area contributed by atoms with Crippen molar-refractivity contribution < 1.29 is 36.6 Å². The average molecular weight is 755 g/mol. The molecule has 5 rings (SSSR count). The fraction of sp³-hybridized carbons (Fsp3) is 0.125. The Bertz CT molecular complexity index is 2010. The minimum Gasteiger partial charge on any atom is -0.493 e. The van der Waals surface area contributed by atoms with Crippen molar-refractivity contribution in [2.75, 3.05) is 26.1 Å². The summed E-state index contributed by atoms with van der Waals surface area (Å²) in [7, 11) is -0.772. The number of methoxy groups -OCH3 is 2. The fourth-order valence-electron chi connectivity index (χ4n) is 4.33. The maximum atomic E-state index is 13.7. The van der Waals surface area contributed by atoms with Crippen molar-refractivity contribution in [3.05, 3.63) is 105 Å². The lowest BCUT2D eigenvalue weighted by Gasteiger charge is -2.13. The summed E-state index contributed by atoms with van der Waals surface area (Å²) in [6, 6.07) is 19.3. The van der Waals surface area contributed by atoms with Crippen LogP contribution in [0, 0.1) is 0 Å². The van der Waals surface area contributed by atoms with E-state index in [0.29, 0.717) is 49.9 Å². The van der Waals surface area contributed by atoms with Crippen LogP contribution in [0.1, 0.15) is 16.9 Å². The third kappa shape index (κ3) is 8.71. The molecule has 16 heteroatoms. The molecule has 0 bridgehead atoms. The number of carbonyl (C=O) groups is 2. The number of amidine groups is 1. The molecule has 0 unspecified atom stereocenters. The molecule has 1 aromatic heterocycles. The molecule has 248 valence electrons. The molecule has 0 atom stereocenters. The highest BCUT2D eigenvalue weighted by Crippen LogP contribution is 2.36. The van der Waals surface area contributed by atoms with Gasteiger partial charge in [-0.3, -0.25) is 14.5 Å². The fourth-order valence-corrected chi connectivity index (χ4v) is 6.15. The van der Waals surface area contributed by atoms with Crippen molar-refractivity contribution >= 4 is 72.7 Å². The Morgan fingerprint density at radius 3 is 2.48 bits per heavy atom. The summed E-state index contributed by atoms with van der Waals surface area (Å²) in [6.45, 7) is -0.237. The molecular weight excluding hydrogens is 726 g/mol. The van der Waals surface area contributed by atoms with Crippen molar-refractivity contribution in [3.8, 4) is 17.2 Å². The van der Waals surface area contributed by atoms with E-state index in [2.05, 4.69) is 31.4 Å². The number of halogens is 1. The molecule has 13 nitrogen and oxygen atoms in total. The molecule has 0 saturated carbocycles. The van der Waals surface area contributed by atoms with Gasteiger partial charge >= 0.3 is 0 Å². The van der Waals surface area contributed by atoms with E-state index in [-0.39, 0.29) is 24.0 Å². The molecule has 48 heavy (non-hydrogen) atoms. The first-order valence-corrected chi connectivity index (χ1v) is 17.1. The lowest BCUT2D eigenvalue weighted by atomic mass is 10.2. The minimum atomic E-state index is -3.86. The number of sulfonamides is 1. The number of primary sulfonamides is 1. The third-order valence-electron chi connectivity index (χ3n) is 6.62. The SMILES string of the molecule is COc1ccc(/C=N/N=C2\S/C(=C\c3cc(Br)ccc3OCC(=O)Nc3ccc(S(N)(=O)=O)cc3)C(=O)N2Cc2ccco2)cc1OC. The lowest BCUT2D eigenvalue weighted by Crippen LogP contribution is -2.28. The zero-order valence-corrected chi connectivity index (χ0v) is 28.7. The van der Waals surface area contributed by atoms with Crippen molar-refractivity contribution in [2.45, 2.75) is 11.4 Å². The smallest absolute Gasteiger partial charge is 0.267 e. The van der Waals surface area contributed by atoms with Gasteiger partial charge in [0.25, 0.3) is 11.8 Å². The maximum Gasteiger partial charge on any atom is 0.267 e. The number of hydrogen-bond donors (Lipinski definition) is 2. The zero-order valence-electron chi connectivity index (χ0n) is 25.5. The van der Waals surface area contributed by atoms with E-state index in [1.165, 1.54) is 48.8 Å². The number of amides is 2. The number of nitrogens with two attached hydrogens (primary N) is 1. The number of carbonyl (C=O) groups excluding carboxylic acids is 2. The van der Waals surface area contributed by atoms with E-state index in [9.17, 15) is 18.0 Å². The molecule has 1 aliphatic rings. The van der Waals surface area contributed by atoms with Gasteiger partial charge in [-0.1, -0.05) is 15.9 Å². The van der Waals surface area contributed by atoms with E-state index >= 15 is 0 Å². The Hall–Kier alpha value is -4.90. The molecule has 1 saturated heterocycles. The van der Waals surface area contributed by atoms with Crippen molar-refractivity contribution in [1.29, 1.82) is 0 Å². The molecule has 1 fully saturated rings. The molecule has 0 aliphatic carbocycles. The number of anilines is 1. The Morgan fingerprint density at radius 1 is 1.04 bits per heavy atom. The molecule has 1 aliphatic heterocycles. The minimum absolute atomic E-state index is 0.0794. The summed E-state index contributed by atoms with van der Waals surface area (Å²) >= 11 is 4.58. The van der Waals surface area contributed by atoms with Crippen molar-refractivity contribution in [1.82, 2.24) is 4.90 Å². The quantitative estimate of drug-likeness (QED) is 0.112. The normalized spacial score (nSPS) is 15.0. The lowest BCUT2D eigenvalue weighted by molar-refractivity contribution is -0.122. The summed E-state index contributed by atoms with van der Waals surface area (Å²) in [5.41, 5.74) is 1.60. The van der Waals surface area contributed by atoms with Crippen LogP contribution in [0.3, 0.4) is 0 Å². The van der Waals surface area contributed by atoms with Gasteiger partial charge in [-0.15, -0.1) is 5.10 Å². The summed E-state index contributed by atoms with van der Waals surface area (Å²) in [6.07, 6.45) is 4.70. The van der Waals surface area contributed by atoms with Crippen LogP contribution < -0.4 is 24.7 Å². The molecule has 0 spiro atoms. The second kappa shape index (κ2) is 15.3. The van der Waals surface area contributed by atoms with Crippen LogP contribution in [0.5, 0.6) is 17.2 Å². The van der Waals surface area contributed by atoms with Crippen LogP contribution in [-0.2, 0) is 26.2 Å². The first kappa shape index (κ1) is 34.4. The van der Waals surface area contributed by atoms with Gasteiger partial charge < -0.3 is 23.9 Å². The van der Waals surface area contributed by atoms with Crippen LogP contribution in [0.2, 0.25) is 0 Å². The topological polar surface area (TPSA) is 175 Å². The number of nitrogens with zero attached hydrogens (tertiary/aromatic N) is 3. The highest BCUT2D eigenvalue weighted by atomic mass is 79.9. The number of nitrogens with one attached hydrogen (secondary N) is 1. The average Bonchev–Trinajstić information content (AvgIpc) is 3.68. The van der Waals surface area contributed by atoms with E-state index in [4.69, 9.17) is 23.8 Å². The van der Waals surface area contributed by atoms with Crippen molar-refractivity contribution in [2.24, 2.45) is 15.3 Å². The maximum absolute atomic E-state index is 13.7. The molecule has 0 radical (unpaired) electrons. The van der Waals surface area contributed by atoms with E-state index in [1.807, 2.05) is 0 Å². The van der Waals surface area contributed by atoms with E-state index in [1.54, 1.807) is 61.7 Å². The molecule has 2 heterocycles. The first-order valence-electron chi connectivity index (χ1n) is 14.0. The zero-order chi connectivity index (χ0) is 34.3. The molecule has 3 N–H and O–H groups in total. The Labute approximate surface area is 288 Å². The predicted octanol–water partition coefficient (Wildman–Crippen LogP) is 5.23. The van der Waals surface area contributed by atoms with Gasteiger partial charge in [-0.05, 0) is 96.2 Å². The van der Waals surface area contributed by atoms with Crippen LogP contribution in [0.15, 0.2) is 108 Å². The molecular formula is C32H28BrN5O8S2. The summed E-state index contributed by atoms with van der Waals surface area (Å²) in [5.74, 6) is 1.19. The van der Waals surface area contributed by atoms with Gasteiger partial charge in [0.2, 0.25) is 10.0 Å². The van der Waals surface area contributed by atoms with Gasteiger partial charge in [0.1, 0.15) is 11.5 Å². The van der Waals surface area contributed by atoms with Crippen molar-refractivity contribution in [3.63, 3.8) is 0 Å². The van der Waals surface area contributed by atoms with Crippen LogP contribution in [0.4, 0.5) is 5.69 Å². The number of thioether (sulfide) groups is 1. The van der Waals surface area contributed by atoms with E-state index in [0.717, 1.165) is 16.2 Å². The number of ether oxygens (including phenoxy) is 3. The number of hydrogen-bond acceptors (Lipinski definition) is 11.